The Labute approximate surface area is 375 Å². The van der Waals surface area contributed by atoms with E-state index in [2.05, 4.69) is 173 Å². The number of para-hydroxylation sites is 4. The molecule has 0 saturated carbocycles. The summed E-state index contributed by atoms with van der Waals surface area (Å²) < 4.78 is 4.96. The molecule has 0 amide bonds. The fourth-order valence-electron chi connectivity index (χ4n) is 10.7. The van der Waals surface area contributed by atoms with E-state index in [1.807, 2.05) is 66.4 Å². The van der Waals surface area contributed by atoms with Gasteiger partial charge in [0.05, 0.1) is 45.4 Å². The fraction of sp³-hybridized carbons (Fsp3) is 0.0339. The van der Waals surface area contributed by atoms with Gasteiger partial charge in [0.1, 0.15) is 0 Å². The van der Waals surface area contributed by atoms with Gasteiger partial charge < -0.3 is 14.9 Å². The molecule has 2 N–H and O–H groups in total. The molecular formula is C59H40N4S. The van der Waals surface area contributed by atoms with E-state index < -0.39 is 5.41 Å². The molecule has 0 saturated heterocycles. The van der Waals surface area contributed by atoms with Gasteiger partial charge in [-0.2, -0.15) is 0 Å². The number of benzene rings is 9. The molecule has 11 aromatic rings. The van der Waals surface area contributed by atoms with Gasteiger partial charge in [0, 0.05) is 42.7 Å². The Hall–Kier alpha value is -7.86. The minimum absolute atomic E-state index is 0.523. The van der Waals surface area contributed by atoms with Crippen molar-refractivity contribution in [3.05, 3.63) is 257 Å². The summed E-state index contributed by atoms with van der Waals surface area (Å²) in [7, 11) is 0. The maximum Gasteiger partial charge on any atom is 0.0764 e. The third-order valence-corrected chi connectivity index (χ3v) is 14.6. The highest BCUT2D eigenvalue weighted by molar-refractivity contribution is 7.99. The topological polar surface area (TPSA) is 48.2 Å². The molecule has 64 heavy (non-hydrogen) atoms. The number of fused-ring (bicyclic) bond motifs is 14. The summed E-state index contributed by atoms with van der Waals surface area (Å²) in [5.41, 5.74) is 23.3. The molecule has 2 aliphatic heterocycles. The van der Waals surface area contributed by atoms with Gasteiger partial charge in [0.15, 0.2) is 0 Å². The maximum absolute atomic E-state index is 6.62. The Morgan fingerprint density at radius 1 is 0.484 bits per heavy atom. The quantitative estimate of drug-likeness (QED) is 0.170. The van der Waals surface area contributed by atoms with E-state index in [1.165, 1.54) is 81.3 Å². The molecule has 1 spiro atoms. The van der Waals surface area contributed by atoms with Crippen LogP contribution in [0.5, 0.6) is 0 Å². The smallest absolute Gasteiger partial charge is 0.0764 e. The minimum Gasteiger partial charge on any atom is -0.398 e. The number of aliphatic imine (C=N–C) groups is 1. The zero-order valence-corrected chi connectivity index (χ0v) is 35.6. The molecule has 2 aromatic heterocycles. The van der Waals surface area contributed by atoms with Crippen molar-refractivity contribution in [3.63, 3.8) is 0 Å². The summed E-state index contributed by atoms with van der Waals surface area (Å²) in [5, 5.41) is 5.05. The van der Waals surface area contributed by atoms with Gasteiger partial charge in [0.25, 0.3) is 0 Å². The van der Waals surface area contributed by atoms with Crippen LogP contribution >= 0.6 is 11.8 Å². The van der Waals surface area contributed by atoms with Crippen LogP contribution in [0.25, 0.3) is 60.7 Å². The van der Waals surface area contributed by atoms with Crippen LogP contribution in [0.1, 0.15) is 38.9 Å². The van der Waals surface area contributed by atoms with Crippen molar-refractivity contribution in [2.45, 2.75) is 21.8 Å². The molecule has 0 aliphatic carbocycles. The predicted octanol–water partition coefficient (Wildman–Crippen LogP) is 14.0. The van der Waals surface area contributed by atoms with Crippen molar-refractivity contribution in [2.24, 2.45) is 10.7 Å². The third-order valence-electron chi connectivity index (χ3n) is 13.4. The SMILES string of the molecule is N/C(=C\C(=NCc1ccc(-n2c3ccccc3c3cc4c(cc32)Sc2ccccc2C42c3ccccc3-n3c4ccccc4c4cccc2c43)cc1)c1ccccc1)c1ccccc1. The highest BCUT2D eigenvalue weighted by atomic mass is 32.2. The molecular weight excluding hydrogens is 797 g/mol. The lowest BCUT2D eigenvalue weighted by molar-refractivity contribution is 0.691. The first-order valence-corrected chi connectivity index (χ1v) is 22.7. The number of aromatic nitrogens is 2. The molecule has 13 rings (SSSR count). The van der Waals surface area contributed by atoms with Gasteiger partial charge in [-0.05, 0) is 93.6 Å². The second-order valence-corrected chi connectivity index (χ2v) is 17.9. The predicted molar refractivity (Wildman–Crippen MR) is 266 cm³/mol. The number of hydrogen-bond acceptors (Lipinski definition) is 3. The van der Waals surface area contributed by atoms with Crippen LogP contribution in [0.15, 0.2) is 233 Å². The Morgan fingerprint density at radius 2 is 1.09 bits per heavy atom. The van der Waals surface area contributed by atoms with E-state index in [4.69, 9.17) is 10.7 Å². The molecule has 5 heteroatoms. The number of nitrogens with zero attached hydrogens (tertiary/aromatic N) is 3. The van der Waals surface area contributed by atoms with E-state index in [-0.39, 0.29) is 0 Å². The van der Waals surface area contributed by atoms with E-state index in [9.17, 15) is 0 Å². The molecule has 1 atom stereocenters. The Bertz CT molecular complexity index is 3730. The van der Waals surface area contributed by atoms with Crippen molar-refractivity contribution >= 4 is 66.8 Å². The van der Waals surface area contributed by atoms with E-state index in [0.29, 0.717) is 12.2 Å². The summed E-state index contributed by atoms with van der Waals surface area (Å²) >= 11 is 1.89. The number of allylic oxidation sites excluding steroid dienone is 1. The second kappa shape index (κ2) is 14.3. The van der Waals surface area contributed by atoms with Crippen molar-refractivity contribution in [3.8, 4) is 11.4 Å². The van der Waals surface area contributed by atoms with Gasteiger partial charge >= 0.3 is 0 Å². The standard InChI is InChI=1S/C59H40N4S/c60-50(39-16-3-1-4-17-39)35-51(40-18-5-2-6-19-40)61-37-38-30-32-41(33-31-38)62-52-26-11-8-21-43(52)45-34-49-57(36-55(45)62)64-56-29-14-10-24-47(56)59(49)46-23-9-13-28-54(46)63-53-27-12-7-20-42(53)44-22-15-25-48(59)58(44)63/h1-36H,37,60H2/b50-35-,61-51?. The lowest BCUT2D eigenvalue weighted by Crippen LogP contribution is -2.37. The third kappa shape index (κ3) is 5.34. The monoisotopic (exact) mass is 836 g/mol. The highest BCUT2D eigenvalue weighted by Crippen LogP contribution is 2.61. The van der Waals surface area contributed by atoms with Crippen molar-refractivity contribution in [2.75, 3.05) is 0 Å². The first-order valence-electron chi connectivity index (χ1n) is 21.9. The fourth-order valence-corrected chi connectivity index (χ4v) is 11.9. The van der Waals surface area contributed by atoms with Crippen molar-refractivity contribution in [1.29, 1.82) is 0 Å². The Morgan fingerprint density at radius 3 is 1.88 bits per heavy atom. The van der Waals surface area contributed by atoms with Crippen molar-refractivity contribution in [1.82, 2.24) is 9.13 Å². The van der Waals surface area contributed by atoms with Gasteiger partial charge in [-0.1, -0.05) is 176 Å². The van der Waals surface area contributed by atoms with Gasteiger partial charge in [-0.25, -0.2) is 0 Å². The largest absolute Gasteiger partial charge is 0.398 e. The van der Waals surface area contributed by atoms with E-state index >= 15 is 0 Å². The van der Waals surface area contributed by atoms with Gasteiger partial charge in [-0.3, -0.25) is 4.99 Å². The normalized spacial score (nSPS) is 15.5. The molecule has 1 unspecified atom stereocenters. The number of hydrogen-bond donors (Lipinski definition) is 1. The Balaban J connectivity index is 0.984. The van der Waals surface area contributed by atoms with Crippen LogP contribution in [-0.2, 0) is 12.0 Å². The van der Waals surface area contributed by atoms with Gasteiger partial charge in [0.2, 0.25) is 0 Å². The molecule has 0 fully saturated rings. The van der Waals surface area contributed by atoms with Crippen LogP contribution in [0.3, 0.4) is 0 Å². The molecule has 0 bridgehead atoms. The average molecular weight is 837 g/mol. The molecule has 9 aromatic carbocycles. The maximum atomic E-state index is 6.62. The number of nitrogens with two attached hydrogens (primary N) is 1. The zero-order valence-electron chi connectivity index (χ0n) is 34.8. The van der Waals surface area contributed by atoms with Crippen LogP contribution < -0.4 is 5.73 Å². The molecule has 4 nitrogen and oxygen atoms in total. The van der Waals surface area contributed by atoms with Crippen LogP contribution in [0.2, 0.25) is 0 Å². The molecule has 302 valence electrons. The van der Waals surface area contributed by atoms with Gasteiger partial charge in [-0.15, -0.1) is 0 Å². The molecule has 4 heterocycles. The lowest BCUT2D eigenvalue weighted by atomic mass is 9.62. The zero-order chi connectivity index (χ0) is 42.4. The van der Waals surface area contributed by atoms with Crippen LogP contribution in [0, 0.1) is 0 Å². The van der Waals surface area contributed by atoms with E-state index in [0.717, 1.165) is 28.1 Å². The van der Waals surface area contributed by atoms with Crippen LogP contribution in [-0.4, -0.2) is 14.8 Å². The highest BCUT2D eigenvalue weighted by Gasteiger charge is 2.49. The summed E-state index contributed by atoms with van der Waals surface area (Å²) in [4.78, 5) is 7.69. The van der Waals surface area contributed by atoms with Crippen molar-refractivity contribution < 1.29 is 0 Å². The minimum atomic E-state index is -0.545. The first kappa shape index (κ1) is 36.8. The van der Waals surface area contributed by atoms with Crippen LogP contribution in [0.4, 0.5) is 0 Å². The Kier molecular flexibility index (Phi) is 8.24. The second-order valence-electron chi connectivity index (χ2n) is 16.8. The van der Waals surface area contributed by atoms with E-state index in [1.54, 1.807) is 0 Å². The molecule has 2 aliphatic rings. The summed E-state index contributed by atoms with van der Waals surface area (Å²) in [6, 6.07) is 77.2. The number of rotatable bonds is 6. The first-order chi connectivity index (χ1) is 31.7. The molecule has 0 radical (unpaired) electrons. The summed E-state index contributed by atoms with van der Waals surface area (Å²) in [6.45, 7) is 0.523. The average Bonchev–Trinajstić information content (AvgIpc) is 3.87. The lowest BCUT2D eigenvalue weighted by Gasteiger charge is -2.45. The summed E-state index contributed by atoms with van der Waals surface area (Å²) in [5.74, 6) is 0. The summed E-state index contributed by atoms with van der Waals surface area (Å²) in [6.07, 6.45) is 1.99.